The second-order valence-electron chi connectivity index (χ2n) is 5.34. The molecular weight excluding hydrogens is 222 g/mol. The largest absolute Gasteiger partial charge is 0.497 e. The van der Waals surface area contributed by atoms with Gasteiger partial charge in [0.1, 0.15) is 5.75 Å². The second kappa shape index (κ2) is 6.79. The van der Waals surface area contributed by atoms with Gasteiger partial charge in [-0.15, -0.1) is 0 Å². The van der Waals surface area contributed by atoms with Crippen LogP contribution in [0.5, 0.6) is 5.75 Å². The summed E-state index contributed by atoms with van der Waals surface area (Å²) in [6.07, 6.45) is 6.64. The fraction of sp³-hybridized carbons (Fsp3) is 0.625. The number of nitrogens with one attached hydrogen (secondary N) is 1. The quantitative estimate of drug-likeness (QED) is 0.760. The van der Waals surface area contributed by atoms with Crippen LogP contribution in [-0.4, -0.2) is 19.7 Å². The summed E-state index contributed by atoms with van der Waals surface area (Å²) < 4.78 is 5.16. The van der Waals surface area contributed by atoms with Crippen LogP contribution in [0.4, 0.5) is 0 Å². The monoisotopic (exact) mass is 247 g/mol. The van der Waals surface area contributed by atoms with Crippen LogP contribution in [-0.2, 0) is 6.42 Å². The van der Waals surface area contributed by atoms with Crippen LogP contribution in [0.3, 0.4) is 0 Å². The minimum Gasteiger partial charge on any atom is -0.497 e. The molecule has 0 amide bonds. The Hall–Kier alpha value is -1.02. The lowest BCUT2D eigenvalue weighted by atomic mass is 10.1. The molecule has 2 heteroatoms. The molecule has 0 heterocycles. The first-order chi connectivity index (χ1) is 8.81. The Labute approximate surface area is 111 Å². The van der Waals surface area contributed by atoms with Crippen molar-refractivity contribution in [2.45, 2.75) is 45.1 Å². The summed E-state index contributed by atoms with van der Waals surface area (Å²) in [6.45, 7) is 3.37. The van der Waals surface area contributed by atoms with Crippen molar-refractivity contribution in [2.75, 3.05) is 13.7 Å². The topological polar surface area (TPSA) is 21.3 Å². The molecule has 2 nitrogen and oxygen atoms in total. The predicted molar refractivity (Wildman–Crippen MR) is 76.1 cm³/mol. The van der Waals surface area contributed by atoms with Gasteiger partial charge in [-0.1, -0.05) is 31.9 Å². The van der Waals surface area contributed by atoms with E-state index in [0.29, 0.717) is 0 Å². The Balaban J connectivity index is 1.69. The van der Waals surface area contributed by atoms with Crippen LogP contribution < -0.4 is 10.1 Å². The fourth-order valence-corrected chi connectivity index (χ4v) is 2.36. The molecule has 2 rings (SSSR count). The zero-order chi connectivity index (χ0) is 12.8. The summed E-state index contributed by atoms with van der Waals surface area (Å²) in [5.74, 6) is 1.95. The molecule has 1 aliphatic rings. The number of hydrogen-bond donors (Lipinski definition) is 1. The van der Waals surface area contributed by atoms with Crippen molar-refractivity contribution in [2.24, 2.45) is 5.92 Å². The summed E-state index contributed by atoms with van der Waals surface area (Å²) >= 11 is 0. The lowest BCUT2D eigenvalue weighted by Gasteiger charge is -2.16. The van der Waals surface area contributed by atoms with Gasteiger partial charge in [-0.3, -0.25) is 0 Å². The molecule has 0 saturated heterocycles. The third-order valence-electron chi connectivity index (χ3n) is 3.81. The van der Waals surface area contributed by atoms with Crippen molar-refractivity contribution in [1.82, 2.24) is 5.32 Å². The minimum atomic E-state index is 0.718. The van der Waals surface area contributed by atoms with Gasteiger partial charge >= 0.3 is 0 Å². The molecule has 1 unspecified atom stereocenters. The average Bonchev–Trinajstić information content (AvgIpc) is 3.22. The number of methoxy groups -OCH3 is 1. The molecule has 0 bridgehead atoms. The van der Waals surface area contributed by atoms with Crippen molar-refractivity contribution in [3.05, 3.63) is 29.8 Å². The Morgan fingerprint density at radius 1 is 1.28 bits per heavy atom. The third kappa shape index (κ3) is 4.34. The molecule has 1 saturated carbocycles. The summed E-state index contributed by atoms with van der Waals surface area (Å²) in [5, 5.41) is 3.69. The number of ether oxygens (including phenoxy) is 1. The van der Waals surface area contributed by atoms with Crippen molar-refractivity contribution in [1.29, 1.82) is 0 Å². The molecule has 0 radical (unpaired) electrons. The standard InChI is InChI=1S/C16H25NO/c1-3-15(12-14-4-5-14)17-11-10-13-6-8-16(18-2)9-7-13/h6-9,14-15,17H,3-5,10-12H2,1-2H3. The highest BCUT2D eigenvalue weighted by Crippen LogP contribution is 2.33. The van der Waals surface area contributed by atoms with Gasteiger partial charge in [-0.2, -0.15) is 0 Å². The first-order valence-electron chi connectivity index (χ1n) is 7.18. The van der Waals surface area contributed by atoms with Crippen LogP contribution in [0.2, 0.25) is 0 Å². The first kappa shape index (κ1) is 13.4. The van der Waals surface area contributed by atoms with Crippen LogP contribution in [0.1, 0.15) is 38.2 Å². The highest BCUT2D eigenvalue weighted by Gasteiger charge is 2.24. The molecule has 1 aliphatic carbocycles. The highest BCUT2D eigenvalue weighted by molar-refractivity contribution is 5.27. The van der Waals surface area contributed by atoms with Gasteiger partial charge in [-0.05, 0) is 49.4 Å². The van der Waals surface area contributed by atoms with Crippen LogP contribution in [0.15, 0.2) is 24.3 Å². The van der Waals surface area contributed by atoms with Crippen LogP contribution in [0, 0.1) is 5.92 Å². The number of hydrogen-bond acceptors (Lipinski definition) is 2. The van der Waals surface area contributed by atoms with Gasteiger partial charge < -0.3 is 10.1 Å². The Bertz CT molecular complexity index is 343. The molecule has 18 heavy (non-hydrogen) atoms. The SMILES string of the molecule is CCC(CC1CC1)NCCc1ccc(OC)cc1. The van der Waals surface area contributed by atoms with Crippen LogP contribution in [0.25, 0.3) is 0 Å². The Morgan fingerprint density at radius 2 is 2.00 bits per heavy atom. The predicted octanol–water partition coefficient (Wildman–Crippen LogP) is 3.41. The van der Waals surface area contributed by atoms with E-state index >= 15 is 0 Å². The fourth-order valence-electron chi connectivity index (χ4n) is 2.36. The van der Waals surface area contributed by atoms with Gasteiger partial charge in [0.05, 0.1) is 7.11 Å². The van der Waals surface area contributed by atoms with E-state index in [9.17, 15) is 0 Å². The number of benzene rings is 1. The summed E-state index contributed by atoms with van der Waals surface area (Å²) in [5.41, 5.74) is 1.38. The highest BCUT2D eigenvalue weighted by atomic mass is 16.5. The first-order valence-corrected chi connectivity index (χ1v) is 7.18. The van der Waals surface area contributed by atoms with E-state index in [1.807, 2.05) is 12.1 Å². The van der Waals surface area contributed by atoms with E-state index in [0.717, 1.165) is 30.7 Å². The Kier molecular flexibility index (Phi) is 5.06. The lowest BCUT2D eigenvalue weighted by Crippen LogP contribution is -2.30. The van der Waals surface area contributed by atoms with Gasteiger partial charge in [0.25, 0.3) is 0 Å². The average molecular weight is 247 g/mol. The molecule has 1 N–H and O–H groups in total. The van der Waals surface area contributed by atoms with Gasteiger partial charge in [0.15, 0.2) is 0 Å². The summed E-state index contributed by atoms with van der Waals surface area (Å²) in [7, 11) is 1.71. The zero-order valence-corrected chi connectivity index (χ0v) is 11.6. The maximum atomic E-state index is 5.16. The van der Waals surface area contributed by atoms with Gasteiger partial charge in [0.2, 0.25) is 0 Å². The summed E-state index contributed by atoms with van der Waals surface area (Å²) in [4.78, 5) is 0. The van der Waals surface area contributed by atoms with Crippen molar-refractivity contribution in [3.8, 4) is 5.75 Å². The van der Waals surface area contributed by atoms with E-state index in [1.165, 1.54) is 31.2 Å². The smallest absolute Gasteiger partial charge is 0.118 e. The molecule has 0 aromatic heterocycles. The second-order valence-corrected chi connectivity index (χ2v) is 5.34. The maximum Gasteiger partial charge on any atom is 0.118 e. The van der Waals surface area contributed by atoms with Gasteiger partial charge in [-0.25, -0.2) is 0 Å². The van der Waals surface area contributed by atoms with Crippen molar-refractivity contribution >= 4 is 0 Å². The van der Waals surface area contributed by atoms with E-state index in [4.69, 9.17) is 4.74 Å². The third-order valence-corrected chi connectivity index (χ3v) is 3.81. The zero-order valence-electron chi connectivity index (χ0n) is 11.6. The van der Waals surface area contributed by atoms with E-state index < -0.39 is 0 Å². The van der Waals surface area contributed by atoms with Crippen molar-refractivity contribution < 1.29 is 4.74 Å². The maximum absolute atomic E-state index is 5.16. The van der Waals surface area contributed by atoms with E-state index in [-0.39, 0.29) is 0 Å². The normalized spacial score (nSPS) is 16.6. The summed E-state index contributed by atoms with van der Waals surface area (Å²) in [6, 6.07) is 9.11. The molecule has 0 spiro atoms. The lowest BCUT2D eigenvalue weighted by molar-refractivity contribution is 0.414. The molecule has 0 aliphatic heterocycles. The van der Waals surface area contributed by atoms with E-state index in [2.05, 4.69) is 24.4 Å². The molecule has 1 aromatic carbocycles. The van der Waals surface area contributed by atoms with E-state index in [1.54, 1.807) is 7.11 Å². The Morgan fingerprint density at radius 3 is 2.56 bits per heavy atom. The minimum absolute atomic E-state index is 0.718. The number of rotatable bonds is 8. The van der Waals surface area contributed by atoms with Crippen molar-refractivity contribution in [3.63, 3.8) is 0 Å². The van der Waals surface area contributed by atoms with Crippen LogP contribution >= 0.6 is 0 Å². The molecular formula is C16H25NO. The van der Waals surface area contributed by atoms with Gasteiger partial charge in [0, 0.05) is 6.04 Å². The molecule has 1 fully saturated rings. The molecule has 1 atom stereocenters. The molecule has 100 valence electrons. The molecule has 1 aromatic rings.